The number of ether oxygens (including phenoxy) is 1. The number of nitrogens with two attached hydrogens (primary N) is 1. The second-order valence-corrected chi connectivity index (χ2v) is 4.63. The second-order valence-electron chi connectivity index (χ2n) is 4.63. The van der Waals surface area contributed by atoms with Crippen LogP contribution < -0.4 is 5.73 Å². The first-order valence-electron chi connectivity index (χ1n) is 6.23. The molecule has 0 unspecified atom stereocenters. The third-order valence-corrected chi connectivity index (χ3v) is 3.28. The lowest BCUT2D eigenvalue weighted by Crippen LogP contribution is -2.44. The van der Waals surface area contributed by atoms with E-state index in [1.54, 1.807) is 18.2 Å². The highest BCUT2D eigenvalue weighted by Gasteiger charge is 2.32. The molecule has 102 valence electrons. The summed E-state index contributed by atoms with van der Waals surface area (Å²) in [6.45, 7) is 3.39. The van der Waals surface area contributed by atoms with Gasteiger partial charge in [-0.2, -0.15) is 8.78 Å². The summed E-state index contributed by atoms with van der Waals surface area (Å²) < 4.78 is 32.7. The standard InChI is InChI=1S/C14H21F2NO/c1-3-13(17,4-2)10-18-11-14(15,16)12-8-6-5-7-9-12/h5-9H,3-4,10-11,17H2,1-2H3. The van der Waals surface area contributed by atoms with Crippen LogP contribution in [0.1, 0.15) is 32.3 Å². The lowest BCUT2D eigenvalue weighted by Gasteiger charge is -2.27. The fraction of sp³-hybridized carbons (Fsp3) is 0.571. The van der Waals surface area contributed by atoms with Crippen molar-refractivity contribution in [2.24, 2.45) is 5.73 Å². The van der Waals surface area contributed by atoms with E-state index >= 15 is 0 Å². The van der Waals surface area contributed by atoms with Gasteiger partial charge in [-0.25, -0.2) is 0 Å². The zero-order chi connectivity index (χ0) is 13.6. The first-order valence-corrected chi connectivity index (χ1v) is 6.23. The lowest BCUT2D eigenvalue weighted by atomic mass is 9.96. The van der Waals surface area contributed by atoms with Crippen molar-refractivity contribution < 1.29 is 13.5 Å². The topological polar surface area (TPSA) is 35.2 Å². The minimum atomic E-state index is -2.97. The van der Waals surface area contributed by atoms with Crippen molar-refractivity contribution in [1.82, 2.24) is 0 Å². The summed E-state index contributed by atoms with van der Waals surface area (Å²) in [5.74, 6) is -2.97. The van der Waals surface area contributed by atoms with E-state index in [0.29, 0.717) is 12.8 Å². The molecular formula is C14H21F2NO. The van der Waals surface area contributed by atoms with E-state index in [4.69, 9.17) is 10.5 Å². The van der Waals surface area contributed by atoms with Crippen LogP contribution in [0, 0.1) is 0 Å². The summed E-state index contributed by atoms with van der Waals surface area (Å²) in [5.41, 5.74) is 5.46. The second kappa shape index (κ2) is 6.25. The highest BCUT2D eigenvalue weighted by molar-refractivity contribution is 5.19. The van der Waals surface area contributed by atoms with Crippen LogP contribution >= 0.6 is 0 Å². The molecule has 1 aromatic rings. The molecule has 2 nitrogen and oxygen atoms in total. The van der Waals surface area contributed by atoms with E-state index in [1.165, 1.54) is 12.1 Å². The van der Waals surface area contributed by atoms with E-state index in [0.717, 1.165) is 0 Å². The molecule has 0 spiro atoms. The Bertz CT molecular complexity index is 350. The number of hydrogen-bond acceptors (Lipinski definition) is 2. The molecule has 0 saturated carbocycles. The van der Waals surface area contributed by atoms with Crippen molar-refractivity contribution in [2.75, 3.05) is 13.2 Å². The third-order valence-electron chi connectivity index (χ3n) is 3.28. The first-order chi connectivity index (χ1) is 8.43. The van der Waals surface area contributed by atoms with Gasteiger partial charge in [-0.1, -0.05) is 44.2 Å². The van der Waals surface area contributed by atoms with Gasteiger partial charge in [0.15, 0.2) is 0 Å². The molecule has 0 aliphatic carbocycles. The monoisotopic (exact) mass is 257 g/mol. The van der Waals surface area contributed by atoms with E-state index in [9.17, 15) is 8.78 Å². The molecule has 1 rings (SSSR count). The van der Waals surface area contributed by atoms with Gasteiger partial charge in [0.25, 0.3) is 5.92 Å². The molecule has 0 amide bonds. The zero-order valence-corrected chi connectivity index (χ0v) is 11.0. The Morgan fingerprint density at radius 2 is 1.61 bits per heavy atom. The van der Waals surface area contributed by atoms with Crippen LogP contribution in [-0.2, 0) is 10.7 Å². The Balaban J connectivity index is 2.53. The maximum absolute atomic E-state index is 13.8. The van der Waals surface area contributed by atoms with E-state index in [2.05, 4.69) is 0 Å². The Hall–Kier alpha value is -1.00. The maximum atomic E-state index is 13.8. The van der Waals surface area contributed by atoms with E-state index in [1.807, 2.05) is 13.8 Å². The number of hydrogen-bond donors (Lipinski definition) is 1. The molecule has 0 atom stereocenters. The fourth-order valence-corrected chi connectivity index (χ4v) is 1.60. The summed E-state index contributed by atoms with van der Waals surface area (Å²) in [7, 11) is 0. The van der Waals surface area contributed by atoms with Crippen LogP contribution in [0.5, 0.6) is 0 Å². The van der Waals surface area contributed by atoms with Crippen molar-refractivity contribution in [3.05, 3.63) is 35.9 Å². The van der Waals surface area contributed by atoms with Gasteiger partial charge in [0.2, 0.25) is 0 Å². The highest BCUT2D eigenvalue weighted by atomic mass is 19.3. The minimum absolute atomic E-state index is 0.0272. The molecular weight excluding hydrogens is 236 g/mol. The van der Waals surface area contributed by atoms with Crippen molar-refractivity contribution in [2.45, 2.75) is 38.2 Å². The molecule has 0 radical (unpaired) electrons. The van der Waals surface area contributed by atoms with Gasteiger partial charge in [-0.3, -0.25) is 0 Å². The van der Waals surface area contributed by atoms with Crippen LogP contribution in [0.2, 0.25) is 0 Å². The average molecular weight is 257 g/mol. The Morgan fingerprint density at radius 3 is 2.11 bits per heavy atom. The molecule has 0 aliphatic rings. The zero-order valence-electron chi connectivity index (χ0n) is 11.0. The van der Waals surface area contributed by atoms with Crippen molar-refractivity contribution >= 4 is 0 Å². The molecule has 0 heterocycles. The predicted molar refractivity (Wildman–Crippen MR) is 68.7 cm³/mol. The van der Waals surface area contributed by atoms with Gasteiger partial charge >= 0.3 is 0 Å². The normalized spacial score (nSPS) is 12.7. The van der Waals surface area contributed by atoms with Crippen molar-refractivity contribution in [3.8, 4) is 0 Å². The SMILES string of the molecule is CCC(N)(CC)COCC(F)(F)c1ccccc1. The Kier molecular flexibility index (Phi) is 5.23. The summed E-state index contributed by atoms with van der Waals surface area (Å²) in [4.78, 5) is 0. The molecule has 0 aliphatic heterocycles. The average Bonchev–Trinajstić information content (AvgIpc) is 2.39. The summed E-state index contributed by atoms with van der Waals surface area (Å²) in [5, 5.41) is 0. The Labute approximate surface area is 107 Å². The largest absolute Gasteiger partial charge is 0.373 e. The quantitative estimate of drug-likeness (QED) is 0.813. The molecule has 2 N–H and O–H groups in total. The van der Waals surface area contributed by atoms with Gasteiger partial charge in [-0.05, 0) is 12.8 Å². The minimum Gasteiger partial charge on any atom is -0.373 e. The molecule has 0 saturated heterocycles. The van der Waals surface area contributed by atoms with Crippen LogP contribution in [0.3, 0.4) is 0 Å². The van der Waals surface area contributed by atoms with Crippen LogP contribution in [0.15, 0.2) is 30.3 Å². The molecule has 4 heteroatoms. The van der Waals surface area contributed by atoms with Crippen LogP contribution in [0.25, 0.3) is 0 Å². The number of rotatable bonds is 7. The third kappa shape index (κ3) is 4.03. The molecule has 0 aromatic heterocycles. The summed E-state index contributed by atoms with van der Waals surface area (Å²) in [6.07, 6.45) is 1.42. The molecule has 18 heavy (non-hydrogen) atoms. The van der Waals surface area contributed by atoms with E-state index < -0.39 is 18.1 Å². The van der Waals surface area contributed by atoms with Crippen LogP contribution in [-0.4, -0.2) is 18.8 Å². The maximum Gasteiger partial charge on any atom is 0.296 e. The van der Waals surface area contributed by atoms with E-state index in [-0.39, 0.29) is 12.2 Å². The first kappa shape index (κ1) is 15.1. The predicted octanol–water partition coefficient (Wildman–Crippen LogP) is 3.31. The molecule has 0 fully saturated rings. The van der Waals surface area contributed by atoms with Gasteiger partial charge < -0.3 is 10.5 Å². The van der Waals surface area contributed by atoms with Crippen molar-refractivity contribution in [1.29, 1.82) is 0 Å². The van der Waals surface area contributed by atoms with Gasteiger partial charge in [0, 0.05) is 11.1 Å². The number of halogens is 2. The molecule has 1 aromatic carbocycles. The smallest absolute Gasteiger partial charge is 0.296 e. The van der Waals surface area contributed by atoms with Gasteiger partial charge in [-0.15, -0.1) is 0 Å². The van der Waals surface area contributed by atoms with Gasteiger partial charge in [0.05, 0.1) is 6.61 Å². The van der Waals surface area contributed by atoms with Crippen LogP contribution in [0.4, 0.5) is 8.78 Å². The van der Waals surface area contributed by atoms with Gasteiger partial charge in [0.1, 0.15) is 6.61 Å². The number of alkyl halides is 2. The Morgan fingerprint density at radius 1 is 1.06 bits per heavy atom. The summed E-state index contributed by atoms with van der Waals surface area (Å²) in [6, 6.07) is 7.69. The fourth-order valence-electron chi connectivity index (χ4n) is 1.60. The van der Waals surface area contributed by atoms with Crippen molar-refractivity contribution in [3.63, 3.8) is 0 Å². The number of benzene rings is 1. The lowest BCUT2D eigenvalue weighted by molar-refractivity contribution is -0.0912. The highest BCUT2D eigenvalue weighted by Crippen LogP contribution is 2.28. The molecule has 0 bridgehead atoms. The summed E-state index contributed by atoms with van der Waals surface area (Å²) >= 11 is 0.